The molecule has 27 heavy (non-hydrogen) atoms. The standard InChI is InChI=1S/C22H42Br2O2Si/c1-2-21(25)26-19-17-15-13-11-9-7-5-3-4-6-8-10-12-14-16-18-20-27-22(23)24/h2,22H,1,3-20,27H2. The Hall–Kier alpha value is 0.387. The van der Waals surface area contributed by atoms with Crippen molar-refractivity contribution >= 4 is 47.3 Å². The molecular formula is C22H42Br2O2Si. The molecule has 0 bridgehead atoms. The van der Waals surface area contributed by atoms with Crippen molar-refractivity contribution in [3.05, 3.63) is 12.7 Å². The molecule has 0 aliphatic carbocycles. The van der Waals surface area contributed by atoms with Crippen LogP contribution in [0.3, 0.4) is 0 Å². The quantitative estimate of drug-likeness (QED) is 0.0506. The van der Waals surface area contributed by atoms with Crippen LogP contribution in [0.2, 0.25) is 6.04 Å². The van der Waals surface area contributed by atoms with Crippen molar-refractivity contribution in [2.45, 2.75) is 112 Å². The average molecular weight is 526 g/mol. The fourth-order valence-corrected chi connectivity index (χ4v) is 6.18. The summed E-state index contributed by atoms with van der Waals surface area (Å²) >= 11 is 7.19. The molecule has 0 aromatic carbocycles. The predicted molar refractivity (Wildman–Crippen MR) is 130 cm³/mol. The largest absolute Gasteiger partial charge is 0.463 e. The van der Waals surface area contributed by atoms with Gasteiger partial charge in [-0.2, -0.15) is 0 Å². The maximum absolute atomic E-state index is 10.9. The fourth-order valence-electron chi connectivity index (χ4n) is 3.28. The topological polar surface area (TPSA) is 26.3 Å². The van der Waals surface area contributed by atoms with Crippen LogP contribution in [0.5, 0.6) is 0 Å². The molecule has 0 aliphatic rings. The first-order valence-electron chi connectivity index (χ1n) is 11.2. The molecule has 0 aromatic rings. The Bertz CT molecular complexity index is 338. The predicted octanol–water partition coefficient (Wildman–Crippen LogP) is 7.62. The minimum absolute atomic E-state index is 0.0896. The number of ether oxygens (including phenoxy) is 1. The van der Waals surface area contributed by atoms with E-state index in [0.29, 0.717) is 9.97 Å². The maximum atomic E-state index is 10.9. The Balaban J connectivity index is 3.03. The molecule has 0 unspecified atom stereocenters. The van der Waals surface area contributed by atoms with E-state index in [0.717, 1.165) is 6.42 Å². The first-order valence-corrected chi connectivity index (χ1v) is 14.9. The number of carbonyl (C=O) groups excluding carboxylic acids is 1. The van der Waals surface area contributed by atoms with E-state index >= 15 is 0 Å². The lowest BCUT2D eigenvalue weighted by Crippen LogP contribution is -2.01. The Morgan fingerprint density at radius 1 is 0.741 bits per heavy atom. The molecule has 0 saturated carbocycles. The Kier molecular flexibility index (Phi) is 23.0. The van der Waals surface area contributed by atoms with E-state index in [-0.39, 0.29) is 15.5 Å². The second kappa shape index (κ2) is 22.7. The summed E-state index contributed by atoms with van der Waals surface area (Å²) in [4.78, 5) is 10.9. The first-order chi connectivity index (χ1) is 13.2. The highest BCUT2D eigenvalue weighted by atomic mass is 79.9. The summed E-state index contributed by atoms with van der Waals surface area (Å²) in [5.74, 6) is -0.301. The van der Waals surface area contributed by atoms with Crippen molar-refractivity contribution in [1.29, 1.82) is 0 Å². The summed E-state index contributed by atoms with van der Waals surface area (Å²) in [5.41, 5.74) is 0. The zero-order valence-corrected chi connectivity index (χ0v) is 22.0. The molecule has 2 nitrogen and oxygen atoms in total. The van der Waals surface area contributed by atoms with Crippen LogP contribution in [0.25, 0.3) is 0 Å². The number of hydrogen-bond donors (Lipinski definition) is 0. The van der Waals surface area contributed by atoms with E-state index in [1.807, 2.05) is 0 Å². The minimum atomic E-state index is -0.301. The summed E-state index contributed by atoms with van der Waals surface area (Å²) in [6.07, 6.45) is 23.1. The second-order valence-corrected chi connectivity index (χ2v) is 15.5. The zero-order valence-electron chi connectivity index (χ0n) is 17.4. The molecule has 0 atom stereocenters. The van der Waals surface area contributed by atoms with Gasteiger partial charge in [-0.05, 0) is 6.42 Å². The highest BCUT2D eigenvalue weighted by Crippen LogP contribution is 2.15. The maximum Gasteiger partial charge on any atom is 0.330 e. The molecule has 0 aromatic heterocycles. The van der Waals surface area contributed by atoms with E-state index in [4.69, 9.17) is 4.74 Å². The molecule has 0 N–H and O–H groups in total. The number of carbonyl (C=O) groups is 1. The van der Waals surface area contributed by atoms with Gasteiger partial charge < -0.3 is 4.74 Å². The van der Waals surface area contributed by atoms with Gasteiger partial charge in [0.25, 0.3) is 0 Å². The minimum Gasteiger partial charge on any atom is -0.463 e. The highest BCUT2D eigenvalue weighted by Gasteiger charge is 1.99. The highest BCUT2D eigenvalue weighted by molar-refractivity contribution is 9.25. The molecule has 0 aliphatic heterocycles. The molecule has 0 fully saturated rings. The van der Waals surface area contributed by atoms with E-state index in [9.17, 15) is 4.79 Å². The molecule has 0 heterocycles. The summed E-state index contributed by atoms with van der Waals surface area (Å²) < 4.78 is 5.61. The number of hydrogen-bond acceptors (Lipinski definition) is 2. The molecule has 0 amide bonds. The number of esters is 1. The van der Waals surface area contributed by atoms with E-state index in [1.165, 1.54) is 108 Å². The second-order valence-electron chi connectivity index (χ2n) is 7.56. The van der Waals surface area contributed by atoms with Gasteiger partial charge in [0.1, 0.15) is 0 Å². The normalized spacial score (nSPS) is 11.5. The molecule has 160 valence electrons. The van der Waals surface area contributed by atoms with Crippen LogP contribution in [0.1, 0.15) is 103 Å². The average Bonchev–Trinajstić information content (AvgIpc) is 2.65. The SMILES string of the molecule is C=CC(=O)OCCCCCCCCCCCCCCCCCC[SiH2]C(Br)Br. The van der Waals surface area contributed by atoms with Gasteiger partial charge in [0, 0.05) is 15.6 Å². The van der Waals surface area contributed by atoms with Crippen LogP contribution in [0, 0.1) is 0 Å². The van der Waals surface area contributed by atoms with E-state index < -0.39 is 0 Å². The number of unbranched alkanes of at least 4 members (excludes halogenated alkanes) is 15. The van der Waals surface area contributed by atoms with Crippen LogP contribution in [-0.2, 0) is 9.53 Å². The van der Waals surface area contributed by atoms with Crippen LogP contribution >= 0.6 is 31.9 Å². The Morgan fingerprint density at radius 3 is 1.48 bits per heavy atom. The smallest absolute Gasteiger partial charge is 0.330 e. The van der Waals surface area contributed by atoms with Gasteiger partial charge >= 0.3 is 5.97 Å². The lowest BCUT2D eigenvalue weighted by Gasteiger charge is -2.04. The first kappa shape index (κ1) is 27.4. The van der Waals surface area contributed by atoms with Crippen molar-refractivity contribution in [3.8, 4) is 0 Å². The van der Waals surface area contributed by atoms with Gasteiger partial charge in [0.15, 0.2) is 0 Å². The Morgan fingerprint density at radius 2 is 1.11 bits per heavy atom. The third-order valence-corrected chi connectivity index (χ3v) is 9.07. The van der Waals surface area contributed by atoms with Crippen LogP contribution in [-0.4, -0.2) is 25.5 Å². The lowest BCUT2D eigenvalue weighted by molar-refractivity contribution is -0.137. The van der Waals surface area contributed by atoms with Gasteiger partial charge in [0.2, 0.25) is 0 Å². The number of halogens is 2. The van der Waals surface area contributed by atoms with Crippen LogP contribution in [0.4, 0.5) is 0 Å². The Labute approximate surface area is 187 Å². The number of alkyl halides is 2. The van der Waals surface area contributed by atoms with E-state index in [2.05, 4.69) is 38.4 Å². The van der Waals surface area contributed by atoms with E-state index in [1.54, 1.807) is 0 Å². The summed E-state index contributed by atoms with van der Waals surface area (Å²) in [6, 6.07) is 1.48. The fraction of sp³-hybridized carbons (Fsp3) is 0.864. The van der Waals surface area contributed by atoms with Gasteiger partial charge in [0.05, 0.1) is 9.97 Å². The third-order valence-electron chi connectivity index (χ3n) is 4.98. The molecular weight excluding hydrogens is 484 g/mol. The third kappa shape index (κ3) is 24.3. The van der Waals surface area contributed by atoms with Gasteiger partial charge in [-0.1, -0.05) is 141 Å². The van der Waals surface area contributed by atoms with Crippen LogP contribution < -0.4 is 0 Å². The van der Waals surface area contributed by atoms with Crippen molar-refractivity contribution < 1.29 is 9.53 Å². The van der Waals surface area contributed by atoms with Gasteiger partial charge in [-0.15, -0.1) is 0 Å². The molecule has 0 radical (unpaired) electrons. The molecule has 0 spiro atoms. The summed E-state index contributed by atoms with van der Waals surface area (Å²) in [7, 11) is 0.0896. The molecule has 0 saturated heterocycles. The van der Waals surface area contributed by atoms with Crippen molar-refractivity contribution in [2.75, 3.05) is 6.61 Å². The van der Waals surface area contributed by atoms with Crippen molar-refractivity contribution in [2.24, 2.45) is 0 Å². The molecule has 5 heteroatoms. The van der Waals surface area contributed by atoms with Gasteiger partial charge in [-0.3, -0.25) is 0 Å². The zero-order chi connectivity index (χ0) is 20.0. The van der Waals surface area contributed by atoms with Crippen LogP contribution in [0.15, 0.2) is 12.7 Å². The summed E-state index contributed by atoms with van der Waals surface area (Å²) in [5, 5.41) is 0. The van der Waals surface area contributed by atoms with Gasteiger partial charge in [-0.25, -0.2) is 4.79 Å². The lowest BCUT2D eigenvalue weighted by atomic mass is 10.0. The number of rotatable bonds is 21. The monoisotopic (exact) mass is 524 g/mol. The summed E-state index contributed by atoms with van der Waals surface area (Å²) in [6.45, 7) is 3.93. The van der Waals surface area contributed by atoms with Crippen molar-refractivity contribution in [3.63, 3.8) is 0 Å². The van der Waals surface area contributed by atoms with Crippen molar-refractivity contribution in [1.82, 2.24) is 0 Å². The molecule has 0 rings (SSSR count).